The predicted molar refractivity (Wildman–Crippen MR) is 120 cm³/mol. The maximum absolute atomic E-state index is 12.8. The predicted octanol–water partition coefficient (Wildman–Crippen LogP) is 3.46. The summed E-state index contributed by atoms with van der Waals surface area (Å²) in [6.07, 6.45) is 0. The Balaban J connectivity index is 1.82. The number of rotatable bonds is 5. The van der Waals surface area contributed by atoms with E-state index in [-0.39, 0.29) is 29.2 Å². The number of hydrogen-bond donors (Lipinski definition) is 2. The molecular formula is C22H27N3O5S. The van der Waals surface area contributed by atoms with E-state index < -0.39 is 15.4 Å². The van der Waals surface area contributed by atoms with Crippen LogP contribution in [0.2, 0.25) is 0 Å². The molecule has 9 heteroatoms. The van der Waals surface area contributed by atoms with E-state index >= 15 is 0 Å². The third-order valence-corrected chi connectivity index (χ3v) is 6.40. The summed E-state index contributed by atoms with van der Waals surface area (Å²) in [5, 5.41) is 2.72. The average Bonchev–Trinajstić information content (AvgIpc) is 2.79. The first-order chi connectivity index (χ1) is 14.4. The van der Waals surface area contributed by atoms with Gasteiger partial charge in [-0.3, -0.25) is 14.3 Å². The van der Waals surface area contributed by atoms with Gasteiger partial charge in [-0.15, -0.1) is 0 Å². The van der Waals surface area contributed by atoms with E-state index in [1.165, 1.54) is 29.2 Å². The highest BCUT2D eigenvalue weighted by Crippen LogP contribution is 2.37. The number of sulfonamides is 1. The highest BCUT2D eigenvalue weighted by atomic mass is 32.2. The van der Waals surface area contributed by atoms with Crippen molar-refractivity contribution in [3.63, 3.8) is 0 Å². The molecule has 0 saturated heterocycles. The van der Waals surface area contributed by atoms with E-state index in [1.54, 1.807) is 52.9 Å². The van der Waals surface area contributed by atoms with E-state index in [2.05, 4.69) is 10.0 Å². The van der Waals surface area contributed by atoms with Crippen molar-refractivity contribution in [1.82, 2.24) is 0 Å². The van der Waals surface area contributed by atoms with Crippen LogP contribution in [-0.4, -0.2) is 33.9 Å². The Bertz CT molecular complexity index is 1110. The summed E-state index contributed by atoms with van der Waals surface area (Å²) in [7, 11) is -2.23. The van der Waals surface area contributed by atoms with Crippen LogP contribution in [0.25, 0.3) is 0 Å². The molecule has 2 aromatic carbocycles. The summed E-state index contributed by atoms with van der Waals surface area (Å²) >= 11 is 0. The van der Waals surface area contributed by atoms with Gasteiger partial charge < -0.3 is 15.0 Å². The summed E-state index contributed by atoms with van der Waals surface area (Å²) in [6, 6.07) is 10.7. The van der Waals surface area contributed by atoms with Crippen LogP contribution in [0, 0.1) is 11.3 Å². The number of benzene rings is 2. The van der Waals surface area contributed by atoms with E-state index in [9.17, 15) is 18.0 Å². The first kappa shape index (κ1) is 22.6. The van der Waals surface area contributed by atoms with Crippen molar-refractivity contribution in [2.24, 2.45) is 11.3 Å². The van der Waals surface area contributed by atoms with Gasteiger partial charge in [-0.2, -0.15) is 0 Å². The first-order valence-corrected chi connectivity index (χ1v) is 11.4. The van der Waals surface area contributed by atoms with E-state index in [4.69, 9.17) is 4.74 Å². The Hall–Kier alpha value is -3.07. The maximum Gasteiger partial charge on any atom is 0.261 e. The molecule has 0 spiro atoms. The molecule has 2 amide bonds. The van der Waals surface area contributed by atoms with Crippen molar-refractivity contribution >= 4 is 38.9 Å². The molecule has 1 aliphatic rings. The quantitative estimate of drug-likeness (QED) is 0.733. The monoisotopic (exact) mass is 445 g/mol. The molecular weight excluding hydrogens is 418 g/mol. The van der Waals surface area contributed by atoms with E-state index in [0.29, 0.717) is 22.8 Å². The molecule has 0 aliphatic carbocycles. The molecule has 166 valence electrons. The number of ether oxygens (including phenoxy) is 1. The van der Waals surface area contributed by atoms with Gasteiger partial charge in [0, 0.05) is 18.7 Å². The number of hydrogen-bond acceptors (Lipinski definition) is 5. The molecule has 31 heavy (non-hydrogen) atoms. The van der Waals surface area contributed by atoms with Crippen molar-refractivity contribution in [3.8, 4) is 5.75 Å². The number of carbonyl (C=O) groups excluding carboxylic acids is 2. The molecule has 0 bridgehead atoms. The molecule has 0 radical (unpaired) electrons. The third-order valence-electron chi connectivity index (χ3n) is 5.00. The molecule has 0 unspecified atom stereocenters. The van der Waals surface area contributed by atoms with Crippen molar-refractivity contribution in [2.45, 2.75) is 32.6 Å². The zero-order chi connectivity index (χ0) is 23.0. The van der Waals surface area contributed by atoms with Crippen LogP contribution >= 0.6 is 0 Å². The second-order valence-corrected chi connectivity index (χ2v) is 10.2. The van der Waals surface area contributed by atoms with Gasteiger partial charge in [-0.1, -0.05) is 13.8 Å². The van der Waals surface area contributed by atoms with Gasteiger partial charge in [0.2, 0.25) is 11.8 Å². The smallest absolute Gasteiger partial charge is 0.261 e. The fourth-order valence-corrected chi connectivity index (χ4v) is 4.12. The van der Waals surface area contributed by atoms with Crippen LogP contribution in [0.1, 0.15) is 27.7 Å². The number of carbonyl (C=O) groups is 2. The molecule has 8 nitrogen and oxygen atoms in total. The van der Waals surface area contributed by atoms with Crippen molar-refractivity contribution in [1.29, 1.82) is 0 Å². The topological polar surface area (TPSA) is 105 Å². The standard InChI is InChI=1S/C22H27N3O5S/c1-14(2)20(26)23-15-6-9-17(10-7-15)31(28,29)24-16-8-11-19-18(12-16)25(5)21(27)22(3,4)13-30-19/h6-12,14,24H,13H2,1-5H3,(H,23,26). The average molecular weight is 446 g/mol. The molecule has 2 N–H and O–H groups in total. The summed E-state index contributed by atoms with van der Waals surface area (Å²) in [6.45, 7) is 7.38. The van der Waals surface area contributed by atoms with Crippen LogP contribution in [0.3, 0.4) is 0 Å². The lowest BCUT2D eigenvalue weighted by atomic mass is 9.93. The summed E-state index contributed by atoms with van der Waals surface area (Å²) < 4.78 is 33.9. The molecule has 2 aromatic rings. The Morgan fingerprint density at radius 1 is 1.10 bits per heavy atom. The molecule has 0 aromatic heterocycles. The summed E-state index contributed by atoms with van der Waals surface area (Å²) in [5.41, 5.74) is 0.615. The Kier molecular flexibility index (Phi) is 6.00. The van der Waals surface area contributed by atoms with Crippen LogP contribution in [0.15, 0.2) is 47.4 Å². The van der Waals surface area contributed by atoms with Crippen LogP contribution in [-0.2, 0) is 19.6 Å². The Morgan fingerprint density at radius 3 is 2.32 bits per heavy atom. The van der Waals surface area contributed by atoms with E-state index in [0.717, 1.165) is 0 Å². The molecule has 1 aliphatic heterocycles. The van der Waals surface area contributed by atoms with Crippen molar-refractivity contribution in [3.05, 3.63) is 42.5 Å². The van der Waals surface area contributed by atoms with Gasteiger partial charge in [0.05, 0.1) is 21.7 Å². The molecule has 0 saturated carbocycles. The van der Waals surface area contributed by atoms with Gasteiger partial charge >= 0.3 is 0 Å². The highest BCUT2D eigenvalue weighted by molar-refractivity contribution is 7.92. The number of nitrogens with one attached hydrogen (secondary N) is 2. The largest absolute Gasteiger partial charge is 0.490 e. The van der Waals surface area contributed by atoms with Crippen LogP contribution < -0.4 is 19.7 Å². The lowest BCUT2D eigenvalue weighted by Gasteiger charge is -2.24. The number of amides is 2. The van der Waals surface area contributed by atoms with Crippen LogP contribution in [0.5, 0.6) is 5.75 Å². The fourth-order valence-electron chi connectivity index (χ4n) is 3.07. The molecule has 0 atom stereocenters. The summed E-state index contributed by atoms with van der Waals surface area (Å²) in [4.78, 5) is 26.0. The summed E-state index contributed by atoms with van der Waals surface area (Å²) in [5.74, 6) is 0.0561. The minimum Gasteiger partial charge on any atom is -0.490 e. The van der Waals surface area contributed by atoms with Crippen LogP contribution in [0.4, 0.5) is 17.1 Å². The zero-order valence-corrected chi connectivity index (χ0v) is 19.0. The zero-order valence-electron chi connectivity index (χ0n) is 18.2. The number of anilines is 3. The number of nitrogens with zero attached hydrogens (tertiary/aromatic N) is 1. The lowest BCUT2D eigenvalue weighted by Crippen LogP contribution is -2.39. The van der Waals surface area contributed by atoms with Gasteiger partial charge in [-0.25, -0.2) is 8.42 Å². The van der Waals surface area contributed by atoms with Crippen molar-refractivity contribution < 1.29 is 22.7 Å². The van der Waals surface area contributed by atoms with Gasteiger partial charge in [0.25, 0.3) is 10.0 Å². The number of fused-ring (bicyclic) bond motifs is 1. The van der Waals surface area contributed by atoms with Gasteiger partial charge in [0.15, 0.2) is 0 Å². The first-order valence-electron chi connectivity index (χ1n) is 9.89. The van der Waals surface area contributed by atoms with Gasteiger partial charge in [-0.05, 0) is 56.3 Å². The molecule has 0 fully saturated rings. The second-order valence-electron chi connectivity index (χ2n) is 8.49. The van der Waals surface area contributed by atoms with Gasteiger partial charge in [0.1, 0.15) is 12.4 Å². The van der Waals surface area contributed by atoms with E-state index in [1.807, 2.05) is 0 Å². The SMILES string of the molecule is CC(C)C(=O)Nc1ccc(S(=O)(=O)Nc2ccc3c(c2)N(C)C(=O)C(C)(C)CO3)cc1. The Morgan fingerprint density at radius 2 is 1.71 bits per heavy atom. The minimum absolute atomic E-state index is 0.0480. The lowest BCUT2D eigenvalue weighted by molar-refractivity contribution is -0.127. The third kappa shape index (κ3) is 4.82. The molecule has 1 heterocycles. The minimum atomic E-state index is -3.87. The second kappa shape index (κ2) is 8.22. The maximum atomic E-state index is 12.8. The highest BCUT2D eigenvalue weighted by Gasteiger charge is 2.36. The normalized spacial score (nSPS) is 15.7. The molecule has 3 rings (SSSR count). The van der Waals surface area contributed by atoms with Crippen molar-refractivity contribution in [2.75, 3.05) is 28.6 Å². The Labute approximate surface area is 182 Å². The fraction of sp³-hybridized carbons (Fsp3) is 0.364.